The van der Waals surface area contributed by atoms with E-state index in [2.05, 4.69) is 6.92 Å². The molecule has 0 fully saturated rings. The van der Waals surface area contributed by atoms with Crippen molar-refractivity contribution in [2.24, 2.45) is 0 Å². The Morgan fingerprint density at radius 1 is 1.38 bits per heavy atom. The molecule has 50 valence electrons. The van der Waals surface area contributed by atoms with Gasteiger partial charge in [-0.1, -0.05) is 26.7 Å². The van der Waals surface area contributed by atoms with Crippen molar-refractivity contribution < 1.29 is 0 Å². The Morgan fingerprint density at radius 2 is 1.75 bits per heavy atom. The van der Waals surface area contributed by atoms with Crippen LogP contribution >= 0.6 is 11.6 Å². The molecular weight excluding hydrogens is 135 g/mol. The average molecular weight is 151 g/mol. The second kappa shape index (κ2) is 15.7. The third-order valence-corrected chi connectivity index (χ3v) is 1.41. The topological polar surface area (TPSA) is 0 Å². The highest BCUT2D eigenvalue weighted by Crippen LogP contribution is 1.86. The van der Waals surface area contributed by atoms with Gasteiger partial charge in [0.25, 0.3) is 0 Å². The van der Waals surface area contributed by atoms with Crippen LogP contribution in [0.1, 0.15) is 26.7 Å². The quantitative estimate of drug-likeness (QED) is 0.418. The molecule has 8 heavy (non-hydrogen) atoms. The molecule has 0 aliphatic carbocycles. The van der Waals surface area contributed by atoms with Crippen molar-refractivity contribution >= 4 is 27.9 Å². The molecule has 0 nitrogen and oxygen atoms in total. The van der Waals surface area contributed by atoms with Crippen LogP contribution in [0.5, 0.6) is 0 Å². The van der Waals surface area contributed by atoms with Gasteiger partial charge in [0.2, 0.25) is 16.3 Å². The van der Waals surface area contributed by atoms with E-state index in [9.17, 15) is 0 Å². The van der Waals surface area contributed by atoms with Crippen molar-refractivity contribution in [1.29, 1.82) is 0 Å². The van der Waals surface area contributed by atoms with Crippen molar-refractivity contribution in [2.75, 3.05) is 5.88 Å². The number of hydrogen-bond acceptors (Lipinski definition) is 0. The number of halogens is 1. The third kappa shape index (κ3) is 29.0. The lowest BCUT2D eigenvalue weighted by atomic mass is 10.4. The zero-order valence-corrected chi connectivity index (χ0v) is 8.96. The first-order chi connectivity index (χ1) is 3.83. The Kier molecular flexibility index (Phi) is 22.7. The van der Waals surface area contributed by atoms with Gasteiger partial charge in [-0.05, 0) is 0 Å². The van der Waals surface area contributed by atoms with E-state index in [1.165, 1.54) is 34.4 Å². The zero-order valence-electron chi connectivity index (χ0n) is 6.21. The molecule has 0 unspecified atom stereocenters. The van der Waals surface area contributed by atoms with Crippen LogP contribution in [0.25, 0.3) is 0 Å². The fraction of sp³-hybridized carbons (Fsp3) is 1.00. The molecule has 0 aliphatic heterocycles. The van der Waals surface area contributed by atoms with Crippen LogP contribution in [0.4, 0.5) is 0 Å². The van der Waals surface area contributed by atoms with E-state index in [4.69, 9.17) is 11.6 Å². The van der Waals surface area contributed by atoms with Crippen LogP contribution in [-0.4, -0.2) is 22.2 Å². The Bertz CT molecular complexity index is 22.5. The maximum absolute atomic E-state index is 5.00. The number of unbranched alkanes of at least 4 members (excludes halogenated alkanes) is 1. The smallest absolute Gasteiger partial charge is 0.127 e. The molecule has 0 atom stereocenters. The fourth-order valence-corrected chi connectivity index (χ4v) is 1.06. The van der Waals surface area contributed by atoms with Crippen LogP contribution in [0, 0.1) is 0 Å². The molecule has 2 heteroatoms. The van der Waals surface area contributed by atoms with E-state index < -0.39 is 0 Å². The SMILES string of the molecule is CCC[CH2][AlH2].CCCl. The van der Waals surface area contributed by atoms with Gasteiger partial charge >= 0.3 is 0 Å². The summed E-state index contributed by atoms with van der Waals surface area (Å²) >= 11 is 6.40. The van der Waals surface area contributed by atoms with Crippen molar-refractivity contribution in [2.45, 2.75) is 32.0 Å². The van der Waals surface area contributed by atoms with E-state index in [0.717, 1.165) is 5.88 Å². The molecule has 0 amide bonds. The van der Waals surface area contributed by atoms with Crippen LogP contribution in [0.15, 0.2) is 0 Å². The second-order valence-corrected chi connectivity index (χ2v) is 3.16. The molecule has 0 aromatic heterocycles. The summed E-state index contributed by atoms with van der Waals surface area (Å²) in [7, 11) is 0. The van der Waals surface area contributed by atoms with Crippen LogP contribution in [0.2, 0.25) is 5.28 Å². The molecule has 0 rings (SSSR count). The van der Waals surface area contributed by atoms with Gasteiger partial charge in [-0.3, -0.25) is 0 Å². The minimum atomic E-state index is 0.722. The minimum Gasteiger partial charge on any atom is -0.127 e. The van der Waals surface area contributed by atoms with Gasteiger partial charge in [-0.15, -0.1) is 16.9 Å². The van der Waals surface area contributed by atoms with Gasteiger partial charge in [0.1, 0.15) is 0 Å². The lowest BCUT2D eigenvalue weighted by Gasteiger charge is -1.78. The maximum atomic E-state index is 5.00. The van der Waals surface area contributed by atoms with Crippen LogP contribution in [-0.2, 0) is 0 Å². The predicted octanol–water partition coefficient (Wildman–Crippen LogP) is 2.08. The van der Waals surface area contributed by atoms with Crippen molar-refractivity contribution in [3.63, 3.8) is 0 Å². The van der Waals surface area contributed by atoms with E-state index in [1.807, 2.05) is 6.92 Å². The van der Waals surface area contributed by atoms with E-state index in [-0.39, 0.29) is 0 Å². The van der Waals surface area contributed by atoms with E-state index in [1.54, 1.807) is 0 Å². The first-order valence-electron chi connectivity index (χ1n) is 3.39. The van der Waals surface area contributed by atoms with E-state index in [0.29, 0.717) is 0 Å². The molecule has 0 bridgehead atoms. The highest BCUT2D eigenvalue weighted by molar-refractivity contribution is 6.17. The Labute approximate surface area is 66.0 Å². The van der Waals surface area contributed by atoms with Crippen LogP contribution < -0.4 is 0 Å². The first-order valence-corrected chi connectivity index (χ1v) is 5.34. The van der Waals surface area contributed by atoms with Gasteiger partial charge < -0.3 is 0 Å². The Morgan fingerprint density at radius 3 is 1.75 bits per heavy atom. The molecule has 0 aliphatic rings. The molecule has 0 heterocycles. The van der Waals surface area contributed by atoms with Gasteiger partial charge in [-0.25, -0.2) is 0 Å². The summed E-state index contributed by atoms with van der Waals surface area (Å²) in [4.78, 5) is 0. The van der Waals surface area contributed by atoms with Crippen molar-refractivity contribution in [1.82, 2.24) is 0 Å². The normalized spacial score (nSPS) is 7.38. The summed E-state index contributed by atoms with van der Waals surface area (Å²) in [5.41, 5.74) is 0. The summed E-state index contributed by atoms with van der Waals surface area (Å²) in [6.45, 7) is 4.12. The van der Waals surface area contributed by atoms with Crippen molar-refractivity contribution in [3.8, 4) is 0 Å². The molecule has 0 saturated heterocycles. The minimum absolute atomic E-state index is 0.722. The number of alkyl halides is 1. The summed E-state index contributed by atoms with van der Waals surface area (Å²) in [5.74, 6) is 0.722. The monoisotopic (exact) mass is 150 g/mol. The van der Waals surface area contributed by atoms with Crippen LogP contribution in [0.3, 0.4) is 0 Å². The summed E-state index contributed by atoms with van der Waals surface area (Å²) in [6.07, 6.45) is 2.83. The van der Waals surface area contributed by atoms with E-state index >= 15 is 0 Å². The molecule has 0 spiro atoms. The van der Waals surface area contributed by atoms with Gasteiger partial charge in [0.15, 0.2) is 0 Å². The molecule has 0 saturated carbocycles. The second-order valence-electron chi connectivity index (χ2n) is 1.62. The molecule has 0 radical (unpaired) electrons. The standard InChI is InChI=1S/C4H9.C2H5Cl.Al.2H/c1-3-4-2;1-2-3;;;/h1,3-4H2,2H3;2H2,1H3;;;. The van der Waals surface area contributed by atoms with Gasteiger partial charge in [0.05, 0.1) is 0 Å². The molecule has 0 aromatic rings. The van der Waals surface area contributed by atoms with Crippen molar-refractivity contribution in [3.05, 3.63) is 0 Å². The zero-order chi connectivity index (χ0) is 6.83. The molecule has 0 aromatic carbocycles. The Balaban J connectivity index is 0. The summed E-state index contributed by atoms with van der Waals surface area (Å²) < 4.78 is 0. The summed E-state index contributed by atoms with van der Waals surface area (Å²) in [5, 5.41) is 1.48. The highest BCUT2D eigenvalue weighted by Gasteiger charge is 1.69. The summed E-state index contributed by atoms with van der Waals surface area (Å²) in [6, 6.07) is 0. The molecule has 0 N–H and O–H groups in total. The Hall–Kier alpha value is 0.822. The molecular formula is C6H16AlCl. The highest BCUT2D eigenvalue weighted by atomic mass is 35.5. The maximum Gasteiger partial charge on any atom is 0.211 e. The number of rotatable bonds is 2. The lowest BCUT2D eigenvalue weighted by Crippen LogP contribution is -1.63. The largest absolute Gasteiger partial charge is 0.211 e. The first kappa shape index (κ1) is 11.6. The third-order valence-electron chi connectivity index (χ3n) is 0.707. The fourth-order valence-electron chi connectivity index (χ4n) is 0.354. The van der Waals surface area contributed by atoms with Gasteiger partial charge in [-0.2, -0.15) is 0 Å². The average Bonchev–Trinajstić information content (AvgIpc) is 1.71. The number of hydrogen-bond donors (Lipinski definition) is 0. The lowest BCUT2D eigenvalue weighted by molar-refractivity contribution is 0.884. The van der Waals surface area contributed by atoms with Gasteiger partial charge in [0, 0.05) is 5.88 Å². The predicted molar refractivity (Wildman–Crippen MR) is 44.7 cm³/mol.